The van der Waals surface area contributed by atoms with Gasteiger partial charge in [0.2, 0.25) is 0 Å². The van der Waals surface area contributed by atoms with E-state index in [1.165, 1.54) is 0 Å². The molecule has 0 heterocycles. The van der Waals surface area contributed by atoms with Crippen molar-refractivity contribution in [3.8, 4) is 0 Å². The zero-order valence-electron chi connectivity index (χ0n) is 11.8. The molecule has 0 aromatic carbocycles. The van der Waals surface area contributed by atoms with Gasteiger partial charge in [0.05, 0.1) is 13.2 Å². The van der Waals surface area contributed by atoms with Crippen molar-refractivity contribution < 1.29 is 18.7 Å². The van der Waals surface area contributed by atoms with Crippen molar-refractivity contribution in [1.82, 2.24) is 0 Å². The van der Waals surface area contributed by atoms with Gasteiger partial charge in [0.15, 0.2) is 8.32 Å². The highest BCUT2D eigenvalue weighted by Gasteiger charge is 2.22. The van der Waals surface area contributed by atoms with Crippen LogP contribution in [0.4, 0.5) is 0 Å². The van der Waals surface area contributed by atoms with Gasteiger partial charge < -0.3 is 13.9 Å². The molecule has 0 N–H and O–H groups in total. The SMILES string of the molecule is C=CCOCC(COC(=O)C(=C)C)O[Si](C)(C)C. The van der Waals surface area contributed by atoms with Crippen molar-refractivity contribution in [2.45, 2.75) is 32.7 Å². The molecule has 0 fully saturated rings. The molecule has 0 aliphatic heterocycles. The summed E-state index contributed by atoms with van der Waals surface area (Å²) in [6.45, 7) is 16.0. The van der Waals surface area contributed by atoms with Gasteiger partial charge in [-0.2, -0.15) is 0 Å². The van der Waals surface area contributed by atoms with Gasteiger partial charge in [-0.25, -0.2) is 4.79 Å². The maximum Gasteiger partial charge on any atom is 0.333 e. The first kappa shape index (κ1) is 17.1. The van der Waals surface area contributed by atoms with Crippen LogP contribution in [0.3, 0.4) is 0 Å². The molecular formula is C13H24O4Si. The Morgan fingerprint density at radius 2 is 1.94 bits per heavy atom. The Kier molecular flexibility index (Phi) is 7.82. The summed E-state index contributed by atoms with van der Waals surface area (Å²) in [5, 5.41) is 0. The minimum atomic E-state index is -1.70. The van der Waals surface area contributed by atoms with Gasteiger partial charge in [0.25, 0.3) is 0 Å². The van der Waals surface area contributed by atoms with E-state index in [2.05, 4.69) is 32.8 Å². The minimum Gasteiger partial charge on any atom is -0.460 e. The first-order valence-electron chi connectivity index (χ1n) is 5.95. The van der Waals surface area contributed by atoms with Crippen LogP contribution in [0.5, 0.6) is 0 Å². The smallest absolute Gasteiger partial charge is 0.333 e. The van der Waals surface area contributed by atoms with Gasteiger partial charge in [0, 0.05) is 5.57 Å². The molecule has 0 aliphatic carbocycles. The van der Waals surface area contributed by atoms with Crippen molar-refractivity contribution >= 4 is 14.3 Å². The Morgan fingerprint density at radius 3 is 2.39 bits per heavy atom. The van der Waals surface area contributed by atoms with E-state index < -0.39 is 14.3 Å². The second-order valence-corrected chi connectivity index (χ2v) is 9.52. The van der Waals surface area contributed by atoms with E-state index in [0.29, 0.717) is 18.8 Å². The van der Waals surface area contributed by atoms with Crippen molar-refractivity contribution in [2.24, 2.45) is 0 Å². The third-order valence-corrected chi connectivity index (χ3v) is 2.85. The largest absolute Gasteiger partial charge is 0.460 e. The third-order valence-electron chi connectivity index (χ3n) is 1.81. The van der Waals surface area contributed by atoms with Gasteiger partial charge in [-0.15, -0.1) is 6.58 Å². The maximum atomic E-state index is 11.3. The lowest BCUT2D eigenvalue weighted by Crippen LogP contribution is -2.38. The van der Waals surface area contributed by atoms with Crippen LogP contribution in [0.25, 0.3) is 0 Å². The Bertz CT molecular complexity index is 294. The normalized spacial score (nSPS) is 12.9. The van der Waals surface area contributed by atoms with E-state index in [9.17, 15) is 4.79 Å². The van der Waals surface area contributed by atoms with E-state index in [1.807, 2.05) is 0 Å². The molecule has 5 heteroatoms. The Labute approximate surface area is 111 Å². The molecule has 0 spiro atoms. The van der Waals surface area contributed by atoms with Crippen LogP contribution in [-0.2, 0) is 18.7 Å². The van der Waals surface area contributed by atoms with Crippen LogP contribution in [-0.4, -0.2) is 40.2 Å². The maximum absolute atomic E-state index is 11.3. The van der Waals surface area contributed by atoms with Crippen LogP contribution in [0.2, 0.25) is 19.6 Å². The van der Waals surface area contributed by atoms with E-state index in [1.54, 1.807) is 13.0 Å². The van der Waals surface area contributed by atoms with Crippen molar-refractivity contribution in [3.63, 3.8) is 0 Å². The number of ether oxygens (including phenoxy) is 2. The molecule has 0 rings (SSSR count). The molecule has 1 atom stereocenters. The van der Waals surface area contributed by atoms with Gasteiger partial charge in [-0.1, -0.05) is 12.7 Å². The molecular weight excluding hydrogens is 248 g/mol. The average molecular weight is 272 g/mol. The molecule has 0 bridgehead atoms. The summed E-state index contributed by atoms with van der Waals surface area (Å²) in [7, 11) is -1.70. The lowest BCUT2D eigenvalue weighted by atomic mass is 10.3. The third kappa shape index (κ3) is 9.15. The number of carbonyl (C=O) groups is 1. The summed E-state index contributed by atoms with van der Waals surface area (Å²) in [6, 6.07) is 0. The van der Waals surface area contributed by atoms with Crippen molar-refractivity contribution in [2.75, 3.05) is 19.8 Å². The molecule has 0 radical (unpaired) electrons. The average Bonchev–Trinajstić information content (AvgIpc) is 2.23. The molecule has 1 unspecified atom stereocenters. The highest BCUT2D eigenvalue weighted by molar-refractivity contribution is 6.69. The first-order valence-corrected chi connectivity index (χ1v) is 9.36. The molecule has 0 saturated heterocycles. The molecule has 0 saturated carbocycles. The summed E-state index contributed by atoms with van der Waals surface area (Å²) in [5.41, 5.74) is 0.383. The first-order chi connectivity index (χ1) is 8.26. The van der Waals surface area contributed by atoms with Gasteiger partial charge in [-0.3, -0.25) is 0 Å². The van der Waals surface area contributed by atoms with E-state index in [0.717, 1.165) is 0 Å². The Morgan fingerprint density at radius 1 is 1.33 bits per heavy atom. The zero-order valence-corrected chi connectivity index (χ0v) is 12.8. The van der Waals surface area contributed by atoms with Crippen LogP contribution in [0.1, 0.15) is 6.92 Å². The van der Waals surface area contributed by atoms with Gasteiger partial charge in [0.1, 0.15) is 12.7 Å². The quantitative estimate of drug-likeness (QED) is 0.213. The summed E-state index contributed by atoms with van der Waals surface area (Å²) in [5.74, 6) is -0.400. The Balaban J connectivity index is 4.24. The molecule has 0 aromatic heterocycles. The van der Waals surface area contributed by atoms with Gasteiger partial charge in [-0.05, 0) is 26.6 Å². The number of hydrogen-bond acceptors (Lipinski definition) is 4. The number of hydrogen-bond donors (Lipinski definition) is 0. The van der Waals surface area contributed by atoms with Gasteiger partial charge >= 0.3 is 5.97 Å². The topological polar surface area (TPSA) is 44.8 Å². The summed E-state index contributed by atoms with van der Waals surface area (Å²) in [6.07, 6.45) is 1.44. The molecule has 104 valence electrons. The summed E-state index contributed by atoms with van der Waals surface area (Å²) in [4.78, 5) is 11.3. The highest BCUT2D eigenvalue weighted by atomic mass is 28.4. The van der Waals surface area contributed by atoms with Crippen LogP contribution < -0.4 is 0 Å². The van der Waals surface area contributed by atoms with Crippen molar-refractivity contribution in [1.29, 1.82) is 0 Å². The monoisotopic (exact) mass is 272 g/mol. The Hall–Kier alpha value is -0.913. The zero-order chi connectivity index (χ0) is 14.2. The minimum absolute atomic E-state index is 0.188. The van der Waals surface area contributed by atoms with Crippen molar-refractivity contribution in [3.05, 3.63) is 24.8 Å². The fourth-order valence-electron chi connectivity index (χ4n) is 1.19. The predicted octanol–water partition coefficient (Wildman–Crippen LogP) is 2.53. The lowest BCUT2D eigenvalue weighted by molar-refractivity contribution is -0.142. The fraction of sp³-hybridized carbons (Fsp3) is 0.615. The molecule has 4 nitrogen and oxygen atoms in total. The molecule has 18 heavy (non-hydrogen) atoms. The lowest BCUT2D eigenvalue weighted by Gasteiger charge is -2.26. The van der Waals surface area contributed by atoms with E-state index in [-0.39, 0.29) is 12.7 Å². The molecule has 0 amide bonds. The van der Waals surface area contributed by atoms with Crippen LogP contribution in [0.15, 0.2) is 24.8 Å². The van der Waals surface area contributed by atoms with Crippen LogP contribution >= 0.6 is 0 Å². The fourth-order valence-corrected chi connectivity index (χ4v) is 2.33. The van der Waals surface area contributed by atoms with E-state index >= 15 is 0 Å². The summed E-state index contributed by atoms with van der Waals surface area (Å²) >= 11 is 0. The molecule has 0 aromatic rings. The standard InChI is InChI=1S/C13H24O4Si/c1-7-8-15-9-12(17-18(4,5)6)10-16-13(14)11(2)3/h7,12H,1-2,8-10H2,3-6H3. The number of esters is 1. The number of rotatable bonds is 9. The van der Waals surface area contributed by atoms with E-state index in [4.69, 9.17) is 13.9 Å². The number of carbonyl (C=O) groups excluding carboxylic acids is 1. The molecule has 0 aliphatic rings. The van der Waals surface area contributed by atoms with Crippen LogP contribution in [0, 0.1) is 0 Å². The second-order valence-electron chi connectivity index (χ2n) is 5.06. The summed E-state index contributed by atoms with van der Waals surface area (Å²) < 4.78 is 16.3. The highest BCUT2D eigenvalue weighted by Crippen LogP contribution is 2.09. The second kappa shape index (κ2) is 8.23. The predicted molar refractivity (Wildman–Crippen MR) is 75.0 cm³/mol.